The van der Waals surface area contributed by atoms with Crippen LogP contribution in [0.1, 0.15) is 13.8 Å². The Kier molecular flexibility index (Phi) is 2.87. The highest BCUT2D eigenvalue weighted by Gasteiger charge is 2.47. The fourth-order valence-electron chi connectivity index (χ4n) is 0.993. The van der Waals surface area contributed by atoms with Crippen LogP contribution in [-0.2, 0) is 9.59 Å². The molecule has 0 aromatic heterocycles. The largest absolute Gasteiger partial charge is 0.480 e. The Hall–Kier alpha value is -1.10. The van der Waals surface area contributed by atoms with Crippen molar-refractivity contribution in [3.8, 4) is 0 Å². The molecule has 74 valence electrons. The van der Waals surface area contributed by atoms with Crippen LogP contribution >= 0.6 is 0 Å². The van der Waals surface area contributed by atoms with E-state index < -0.39 is 18.1 Å². The van der Waals surface area contributed by atoms with Gasteiger partial charge in [-0.2, -0.15) is 0 Å². The van der Waals surface area contributed by atoms with Gasteiger partial charge in [0.15, 0.2) is 0 Å². The van der Waals surface area contributed by atoms with E-state index in [1.54, 1.807) is 0 Å². The molecule has 2 atom stereocenters. The molecule has 0 unspecified atom stereocenters. The van der Waals surface area contributed by atoms with E-state index in [1.807, 2.05) is 13.8 Å². The van der Waals surface area contributed by atoms with Crippen LogP contribution in [0.4, 0.5) is 0 Å². The lowest BCUT2D eigenvalue weighted by Gasteiger charge is -2.05. The van der Waals surface area contributed by atoms with E-state index >= 15 is 0 Å². The monoisotopic (exact) mass is 186 g/mol. The number of nitrogens with one attached hydrogen (secondary N) is 2. The summed E-state index contributed by atoms with van der Waals surface area (Å²) in [5, 5.41) is 13.8. The summed E-state index contributed by atoms with van der Waals surface area (Å²) < 4.78 is 0. The van der Waals surface area contributed by atoms with Crippen LogP contribution in [0.25, 0.3) is 0 Å². The molecule has 0 radical (unpaired) electrons. The SMILES string of the molecule is CC(C)CNC(=O)[C@H]1N[C@@H]1C(=O)O. The highest BCUT2D eigenvalue weighted by Crippen LogP contribution is 2.10. The number of carboxylic acid groups (broad SMARTS) is 1. The number of hydrogen-bond donors (Lipinski definition) is 3. The number of aliphatic carboxylic acids is 1. The minimum absolute atomic E-state index is 0.221. The highest BCUT2D eigenvalue weighted by atomic mass is 16.4. The van der Waals surface area contributed by atoms with Crippen LogP contribution in [0, 0.1) is 5.92 Å². The van der Waals surface area contributed by atoms with Crippen molar-refractivity contribution in [1.82, 2.24) is 10.6 Å². The third kappa shape index (κ3) is 2.69. The van der Waals surface area contributed by atoms with E-state index in [-0.39, 0.29) is 5.91 Å². The molecular formula is C8H14N2O3. The van der Waals surface area contributed by atoms with E-state index in [0.29, 0.717) is 12.5 Å². The Morgan fingerprint density at radius 2 is 2.08 bits per heavy atom. The number of carboxylic acids is 1. The van der Waals surface area contributed by atoms with E-state index in [9.17, 15) is 9.59 Å². The molecule has 1 rings (SSSR count). The number of hydrogen-bond acceptors (Lipinski definition) is 3. The van der Waals surface area contributed by atoms with Crippen molar-refractivity contribution in [3.05, 3.63) is 0 Å². The van der Waals surface area contributed by atoms with Gasteiger partial charge in [-0.25, -0.2) is 0 Å². The van der Waals surface area contributed by atoms with E-state index in [2.05, 4.69) is 10.6 Å². The molecule has 1 fully saturated rings. The lowest BCUT2D eigenvalue weighted by Crippen LogP contribution is -2.33. The maximum Gasteiger partial charge on any atom is 0.322 e. The summed E-state index contributed by atoms with van der Waals surface area (Å²) in [6.07, 6.45) is 0. The summed E-state index contributed by atoms with van der Waals surface area (Å²) in [5.74, 6) is -0.809. The van der Waals surface area contributed by atoms with Crippen LogP contribution in [0.5, 0.6) is 0 Å². The van der Waals surface area contributed by atoms with Gasteiger partial charge in [-0.05, 0) is 5.92 Å². The molecule has 5 heteroatoms. The zero-order chi connectivity index (χ0) is 10.0. The van der Waals surface area contributed by atoms with Crippen LogP contribution in [0.3, 0.4) is 0 Å². The molecule has 1 amide bonds. The second-order valence-electron chi connectivity index (χ2n) is 3.60. The molecule has 0 bridgehead atoms. The maximum absolute atomic E-state index is 11.2. The van der Waals surface area contributed by atoms with Gasteiger partial charge in [-0.1, -0.05) is 13.8 Å². The smallest absolute Gasteiger partial charge is 0.322 e. The van der Waals surface area contributed by atoms with Crippen molar-refractivity contribution in [1.29, 1.82) is 0 Å². The van der Waals surface area contributed by atoms with Crippen molar-refractivity contribution in [2.45, 2.75) is 25.9 Å². The molecule has 0 aliphatic carbocycles. The number of carbonyl (C=O) groups is 2. The van der Waals surface area contributed by atoms with Gasteiger partial charge in [-0.3, -0.25) is 14.9 Å². The van der Waals surface area contributed by atoms with Gasteiger partial charge in [0.05, 0.1) is 0 Å². The Morgan fingerprint density at radius 3 is 2.46 bits per heavy atom. The maximum atomic E-state index is 11.2. The first kappa shape index (κ1) is 9.98. The third-order valence-electron chi connectivity index (χ3n) is 1.82. The zero-order valence-corrected chi connectivity index (χ0v) is 7.70. The first-order valence-electron chi connectivity index (χ1n) is 4.29. The van der Waals surface area contributed by atoms with Crippen molar-refractivity contribution in [2.75, 3.05) is 6.54 Å². The van der Waals surface area contributed by atoms with Gasteiger partial charge < -0.3 is 10.4 Å². The number of amides is 1. The highest BCUT2D eigenvalue weighted by molar-refractivity contribution is 5.94. The van der Waals surface area contributed by atoms with Crippen molar-refractivity contribution >= 4 is 11.9 Å². The average molecular weight is 186 g/mol. The van der Waals surface area contributed by atoms with Crippen molar-refractivity contribution in [3.63, 3.8) is 0 Å². The zero-order valence-electron chi connectivity index (χ0n) is 7.70. The van der Waals surface area contributed by atoms with Gasteiger partial charge in [0.25, 0.3) is 0 Å². The summed E-state index contributed by atoms with van der Waals surface area (Å²) in [6.45, 7) is 4.55. The molecule has 0 aromatic carbocycles. The van der Waals surface area contributed by atoms with Crippen LogP contribution in [-0.4, -0.2) is 35.6 Å². The van der Waals surface area contributed by atoms with Crippen LogP contribution in [0.2, 0.25) is 0 Å². The van der Waals surface area contributed by atoms with E-state index in [1.165, 1.54) is 0 Å². The molecule has 1 aliphatic rings. The lowest BCUT2D eigenvalue weighted by atomic mass is 10.2. The van der Waals surface area contributed by atoms with Gasteiger partial charge in [0, 0.05) is 6.54 Å². The Bertz CT molecular complexity index is 227. The van der Waals surface area contributed by atoms with Gasteiger partial charge >= 0.3 is 5.97 Å². The molecule has 0 aromatic rings. The fraction of sp³-hybridized carbons (Fsp3) is 0.750. The molecule has 5 nitrogen and oxygen atoms in total. The van der Waals surface area contributed by atoms with E-state index in [0.717, 1.165) is 0 Å². The summed E-state index contributed by atoms with van der Waals surface area (Å²) >= 11 is 0. The second kappa shape index (κ2) is 3.74. The van der Waals surface area contributed by atoms with Gasteiger partial charge in [-0.15, -0.1) is 0 Å². The Labute approximate surface area is 76.5 Å². The summed E-state index contributed by atoms with van der Waals surface area (Å²) in [4.78, 5) is 21.6. The molecule has 13 heavy (non-hydrogen) atoms. The van der Waals surface area contributed by atoms with Crippen molar-refractivity contribution in [2.24, 2.45) is 5.92 Å². The summed E-state index contributed by atoms with van der Waals surface area (Å²) in [7, 11) is 0. The number of rotatable bonds is 4. The molecular weight excluding hydrogens is 172 g/mol. The average Bonchev–Trinajstić information content (AvgIpc) is 2.78. The minimum atomic E-state index is -0.968. The standard InChI is InChI=1S/C8H14N2O3/c1-4(2)3-9-7(11)5-6(10-5)8(12)13/h4-6,10H,3H2,1-2H3,(H,9,11)(H,12,13)/t5-,6-/m0/s1. The third-order valence-corrected chi connectivity index (χ3v) is 1.82. The van der Waals surface area contributed by atoms with Crippen LogP contribution in [0.15, 0.2) is 0 Å². The minimum Gasteiger partial charge on any atom is -0.480 e. The predicted octanol–water partition coefficient (Wildman–Crippen LogP) is -0.816. The Morgan fingerprint density at radius 1 is 1.46 bits per heavy atom. The van der Waals surface area contributed by atoms with Crippen molar-refractivity contribution < 1.29 is 14.7 Å². The summed E-state index contributed by atoms with van der Waals surface area (Å²) in [6, 6.07) is -1.22. The molecule has 1 heterocycles. The fourth-order valence-corrected chi connectivity index (χ4v) is 0.993. The van der Waals surface area contributed by atoms with E-state index in [4.69, 9.17) is 5.11 Å². The predicted molar refractivity (Wildman–Crippen MR) is 46.2 cm³/mol. The second-order valence-corrected chi connectivity index (χ2v) is 3.60. The molecule has 1 saturated heterocycles. The summed E-state index contributed by atoms with van der Waals surface area (Å²) in [5.41, 5.74) is 0. The quantitative estimate of drug-likeness (QED) is 0.501. The first-order valence-corrected chi connectivity index (χ1v) is 4.29. The molecule has 3 N–H and O–H groups in total. The molecule has 0 saturated carbocycles. The first-order chi connectivity index (χ1) is 6.02. The Balaban J connectivity index is 2.24. The topological polar surface area (TPSA) is 88.3 Å². The van der Waals surface area contributed by atoms with Gasteiger partial charge in [0.2, 0.25) is 5.91 Å². The number of carbonyl (C=O) groups excluding carboxylic acids is 1. The lowest BCUT2D eigenvalue weighted by molar-refractivity contribution is -0.137. The molecule has 0 spiro atoms. The normalized spacial score (nSPS) is 25.8. The van der Waals surface area contributed by atoms with Gasteiger partial charge in [0.1, 0.15) is 12.1 Å². The van der Waals surface area contributed by atoms with Crippen LogP contribution < -0.4 is 10.6 Å². The molecule has 1 aliphatic heterocycles.